The lowest BCUT2D eigenvalue weighted by Gasteiger charge is -2.18. The van der Waals surface area contributed by atoms with Crippen molar-refractivity contribution in [1.29, 1.82) is 0 Å². The Labute approximate surface area is 98.6 Å². The molecule has 1 aliphatic heterocycles. The second-order valence-electron chi connectivity index (χ2n) is 4.46. The maximum atomic E-state index is 12.7. The first-order chi connectivity index (χ1) is 8.02. The molecule has 92 valence electrons. The number of ether oxygens (including phenoxy) is 1. The molecule has 5 heteroatoms. The van der Waals surface area contributed by atoms with Crippen molar-refractivity contribution >= 4 is 6.09 Å². The highest BCUT2D eigenvalue weighted by atomic mass is 19.1. The van der Waals surface area contributed by atoms with Crippen molar-refractivity contribution in [1.82, 2.24) is 4.90 Å². The summed E-state index contributed by atoms with van der Waals surface area (Å²) in [4.78, 5) is 13.0. The van der Waals surface area contributed by atoms with Gasteiger partial charge in [-0.25, -0.2) is 9.18 Å². The molecule has 1 atom stereocenters. The molecular weight excluding hydrogens is 225 g/mol. The van der Waals surface area contributed by atoms with E-state index in [9.17, 15) is 9.18 Å². The van der Waals surface area contributed by atoms with Crippen LogP contribution in [0.2, 0.25) is 0 Å². The molecular formula is C12H14FNO3. The summed E-state index contributed by atoms with van der Waals surface area (Å²) >= 11 is 0. The number of halogens is 1. The molecule has 4 nitrogen and oxygen atoms in total. The Kier molecular flexibility index (Phi) is 3.02. The van der Waals surface area contributed by atoms with Crippen LogP contribution in [0.3, 0.4) is 0 Å². The van der Waals surface area contributed by atoms with Crippen LogP contribution in [0.25, 0.3) is 0 Å². The zero-order chi connectivity index (χ0) is 12.5. The van der Waals surface area contributed by atoms with Gasteiger partial charge in [-0.1, -0.05) is 12.1 Å². The highest BCUT2D eigenvalue weighted by molar-refractivity contribution is 5.70. The summed E-state index contributed by atoms with van der Waals surface area (Å²) in [5, 5.41) is 9.11. The van der Waals surface area contributed by atoms with Crippen LogP contribution in [0, 0.1) is 5.82 Å². The Morgan fingerprint density at radius 3 is 2.65 bits per heavy atom. The van der Waals surface area contributed by atoms with Gasteiger partial charge < -0.3 is 9.84 Å². The number of benzene rings is 1. The molecule has 1 saturated heterocycles. The van der Waals surface area contributed by atoms with Crippen molar-refractivity contribution in [3.8, 4) is 0 Å². The van der Waals surface area contributed by atoms with Gasteiger partial charge in [0.05, 0.1) is 13.2 Å². The average molecular weight is 239 g/mol. The molecule has 1 N–H and O–H groups in total. The van der Waals surface area contributed by atoms with Crippen molar-refractivity contribution in [2.75, 3.05) is 13.2 Å². The molecule has 0 aromatic heterocycles. The molecule has 2 rings (SSSR count). The molecule has 1 aliphatic rings. The van der Waals surface area contributed by atoms with Gasteiger partial charge in [-0.2, -0.15) is 0 Å². The molecule has 1 amide bonds. The predicted octanol–water partition coefficient (Wildman–Crippen LogP) is 1.53. The zero-order valence-corrected chi connectivity index (χ0v) is 9.52. The van der Waals surface area contributed by atoms with E-state index < -0.39 is 11.7 Å². The number of rotatable bonds is 3. The monoisotopic (exact) mass is 239 g/mol. The van der Waals surface area contributed by atoms with Gasteiger partial charge in [0, 0.05) is 6.54 Å². The van der Waals surface area contributed by atoms with Gasteiger partial charge in [0.1, 0.15) is 5.82 Å². The summed E-state index contributed by atoms with van der Waals surface area (Å²) < 4.78 is 17.8. The van der Waals surface area contributed by atoms with E-state index in [1.807, 2.05) is 0 Å². The standard InChI is InChI=1S/C12H14FNO3/c1-12(8-15)7-14(11(16)17-12)6-9-2-4-10(13)5-3-9/h2-5,15H,6-8H2,1H3. The summed E-state index contributed by atoms with van der Waals surface area (Å²) in [5.41, 5.74) is -0.0116. The number of aliphatic hydroxyl groups excluding tert-OH is 1. The van der Waals surface area contributed by atoms with Gasteiger partial charge in [-0.15, -0.1) is 0 Å². The number of amides is 1. The van der Waals surface area contributed by atoms with Gasteiger partial charge >= 0.3 is 6.09 Å². The van der Waals surface area contributed by atoms with E-state index in [0.717, 1.165) is 5.56 Å². The first-order valence-electron chi connectivity index (χ1n) is 5.36. The second kappa shape index (κ2) is 4.33. The lowest BCUT2D eigenvalue weighted by molar-refractivity contribution is 0.0219. The van der Waals surface area contributed by atoms with E-state index in [-0.39, 0.29) is 12.4 Å². The van der Waals surface area contributed by atoms with Crippen LogP contribution < -0.4 is 0 Å². The minimum absolute atomic E-state index is 0.210. The number of carbonyl (C=O) groups is 1. The molecule has 0 aliphatic carbocycles. The Balaban J connectivity index is 2.05. The van der Waals surface area contributed by atoms with Crippen molar-refractivity contribution in [3.63, 3.8) is 0 Å². The average Bonchev–Trinajstić information content (AvgIpc) is 2.58. The molecule has 17 heavy (non-hydrogen) atoms. The van der Waals surface area contributed by atoms with Crippen LogP contribution in [0.5, 0.6) is 0 Å². The number of cyclic esters (lactones) is 1. The largest absolute Gasteiger partial charge is 0.439 e. The van der Waals surface area contributed by atoms with E-state index in [1.54, 1.807) is 19.1 Å². The van der Waals surface area contributed by atoms with Crippen molar-refractivity contribution in [2.45, 2.75) is 19.1 Å². The Hall–Kier alpha value is -1.62. The normalized spacial score (nSPS) is 23.9. The number of nitrogens with zero attached hydrogens (tertiary/aromatic N) is 1. The van der Waals surface area contributed by atoms with Crippen molar-refractivity contribution in [3.05, 3.63) is 35.6 Å². The quantitative estimate of drug-likeness (QED) is 0.870. The van der Waals surface area contributed by atoms with Crippen molar-refractivity contribution in [2.24, 2.45) is 0 Å². The molecule has 1 aromatic carbocycles. The highest BCUT2D eigenvalue weighted by Gasteiger charge is 2.40. The van der Waals surface area contributed by atoms with Crippen LogP contribution in [0.4, 0.5) is 9.18 Å². The number of hydrogen-bond acceptors (Lipinski definition) is 3. The topological polar surface area (TPSA) is 49.8 Å². The molecule has 0 bridgehead atoms. The highest BCUT2D eigenvalue weighted by Crippen LogP contribution is 2.23. The first kappa shape index (κ1) is 11.9. The lowest BCUT2D eigenvalue weighted by Crippen LogP contribution is -2.34. The van der Waals surface area contributed by atoms with Crippen LogP contribution in [-0.4, -0.2) is 34.9 Å². The van der Waals surface area contributed by atoms with E-state index in [0.29, 0.717) is 13.1 Å². The van der Waals surface area contributed by atoms with Gasteiger partial charge in [0.25, 0.3) is 0 Å². The van der Waals surface area contributed by atoms with E-state index >= 15 is 0 Å². The number of aliphatic hydroxyl groups is 1. The molecule has 1 fully saturated rings. The fraction of sp³-hybridized carbons (Fsp3) is 0.417. The zero-order valence-electron chi connectivity index (χ0n) is 9.52. The van der Waals surface area contributed by atoms with E-state index in [4.69, 9.17) is 9.84 Å². The van der Waals surface area contributed by atoms with Gasteiger partial charge in [0.15, 0.2) is 5.60 Å². The third-order valence-electron chi connectivity index (χ3n) is 2.74. The lowest BCUT2D eigenvalue weighted by atomic mass is 10.1. The maximum Gasteiger partial charge on any atom is 0.410 e. The summed E-state index contributed by atoms with van der Waals surface area (Å²) in [7, 11) is 0. The van der Waals surface area contributed by atoms with Crippen molar-refractivity contribution < 1.29 is 19.0 Å². The van der Waals surface area contributed by atoms with Crippen LogP contribution >= 0.6 is 0 Å². The molecule has 0 radical (unpaired) electrons. The molecule has 1 unspecified atom stereocenters. The fourth-order valence-electron chi connectivity index (χ4n) is 1.79. The van der Waals surface area contributed by atoms with Crippen LogP contribution in [0.15, 0.2) is 24.3 Å². The summed E-state index contributed by atoms with van der Waals surface area (Å²) in [6.07, 6.45) is -0.453. The summed E-state index contributed by atoms with van der Waals surface area (Å²) in [6, 6.07) is 5.94. The first-order valence-corrected chi connectivity index (χ1v) is 5.36. The summed E-state index contributed by atoms with van der Waals surface area (Å²) in [5.74, 6) is -0.307. The third-order valence-corrected chi connectivity index (χ3v) is 2.74. The maximum absolute atomic E-state index is 12.7. The van der Waals surface area contributed by atoms with Gasteiger partial charge in [-0.05, 0) is 24.6 Å². The number of hydrogen-bond donors (Lipinski definition) is 1. The molecule has 0 saturated carbocycles. The van der Waals surface area contributed by atoms with Crippen LogP contribution in [0.1, 0.15) is 12.5 Å². The van der Waals surface area contributed by atoms with E-state index in [1.165, 1.54) is 17.0 Å². The number of carbonyl (C=O) groups excluding carboxylic acids is 1. The minimum Gasteiger partial charge on any atom is -0.439 e. The molecule has 1 aromatic rings. The fourth-order valence-corrected chi connectivity index (χ4v) is 1.79. The Morgan fingerprint density at radius 1 is 1.47 bits per heavy atom. The third kappa shape index (κ3) is 2.55. The molecule has 0 spiro atoms. The Bertz CT molecular complexity index is 420. The van der Waals surface area contributed by atoms with E-state index in [2.05, 4.69) is 0 Å². The smallest absolute Gasteiger partial charge is 0.410 e. The summed E-state index contributed by atoms with van der Waals surface area (Å²) in [6.45, 7) is 2.16. The Morgan fingerprint density at radius 2 is 2.12 bits per heavy atom. The molecule has 1 heterocycles. The minimum atomic E-state index is -0.836. The SMILES string of the molecule is CC1(CO)CN(Cc2ccc(F)cc2)C(=O)O1. The van der Waals surface area contributed by atoms with Crippen LogP contribution in [-0.2, 0) is 11.3 Å². The van der Waals surface area contributed by atoms with Gasteiger partial charge in [0.2, 0.25) is 0 Å². The second-order valence-corrected chi connectivity index (χ2v) is 4.46. The van der Waals surface area contributed by atoms with Gasteiger partial charge in [-0.3, -0.25) is 4.90 Å². The predicted molar refractivity (Wildman–Crippen MR) is 58.8 cm³/mol.